The summed E-state index contributed by atoms with van der Waals surface area (Å²) in [6.45, 7) is 0.623. The van der Waals surface area contributed by atoms with Crippen LogP contribution in [0, 0.1) is 0 Å². The number of benzene rings is 1. The Kier molecular flexibility index (Phi) is 4.12. The van der Waals surface area contributed by atoms with Gasteiger partial charge in [-0.25, -0.2) is 0 Å². The van der Waals surface area contributed by atoms with E-state index in [1.807, 2.05) is 11.8 Å². The van der Waals surface area contributed by atoms with Crippen molar-refractivity contribution in [3.8, 4) is 0 Å². The van der Waals surface area contributed by atoms with E-state index >= 15 is 0 Å². The maximum absolute atomic E-state index is 5.67. The van der Waals surface area contributed by atoms with E-state index in [0.29, 0.717) is 6.54 Å². The van der Waals surface area contributed by atoms with Gasteiger partial charge in [-0.05, 0) is 36.6 Å². The number of nitrogens with two attached hydrogens (primary N) is 1. The van der Waals surface area contributed by atoms with Crippen LogP contribution >= 0.6 is 27.7 Å². The Labute approximate surface area is 104 Å². The number of thioether (sulfide) groups is 1. The van der Waals surface area contributed by atoms with Crippen LogP contribution in [0.5, 0.6) is 0 Å². The Hall–Kier alpha value is 0.01000. The molecule has 0 radical (unpaired) electrons. The first-order chi connectivity index (χ1) is 7.28. The Morgan fingerprint density at radius 2 is 2.00 bits per heavy atom. The summed E-state index contributed by atoms with van der Waals surface area (Å²) in [4.78, 5) is 1.36. The molecule has 1 aromatic rings. The molecule has 0 bridgehead atoms. The number of rotatable bonds is 3. The second-order valence-electron chi connectivity index (χ2n) is 4.02. The molecule has 0 heterocycles. The first-order valence-corrected chi connectivity index (χ1v) is 7.11. The molecule has 15 heavy (non-hydrogen) atoms. The van der Waals surface area contributed by atoms with Crippen LogP contribution in [0.4, 0.5) is 0 Å². The minimum atomic E-state index is 0.623. The van der Waals surface area contributed by atoms with Gasteiger partial charge in [0.1, 0.15) is 0 Å². The fourth-order valence-electron chi connectivity index (χ4n) is 2.01. The van der Waals surface area contributed by atoms with Crippen LogP contribution in [0.2, 0.25) is 0 Å². The zero-order valence-corrected chi connectivity index (χ0v) is 11.1. The van der Waals surface area contributed by atoms with Crippen molar-refractivity contribution in [2.45, 2.75) is 42.4 Å². The zero-order valence-electron chi connectivity index (χ0n) is 8.71. The highest BCUT2D eigenvalue weighted by atomic mass is 79.9. The number of hydrogen-bond acceptors (Lipinski definition) is 2. The highest BCUT2D eigenvalue weighted by molar-refractivity contribution is 9.10. The Morgan fingerprint density at radius 3 is 2.67 bits per heavy atom. The largest absolute Gasteiger partial charge is 0.326 e. The van der Waals surface area contributed by atoms with Gasteiger partial charge in [0.05, 0.1) is 0 Å². The van der Waals surface area contributed by atoms with E-state index in [1.54, 1.807) is 0 Å². The smallest absolute Gasteiger partial charge is 0.0189 e. The quantitative estimate of drug-likeness (QED) is 0.910. The second-order valence-corrected chi connectivity index (χ2v) is 6.31. The lowest BCUT2D eigenvalue weighted by Gasteiger charge is -2.10. The van der Waals surface area contributed by atoms with E-state index in [9.17, 15) is 0 Å². The molecule has 1 aliphatic rings. The molecule has 1 aliphatic carbocycles. The van der Waals surface area contributed by atoms with Crippen LogP contribution in [0.1, 0.15) is 31.2 Å². The molecule has 1 saturated carbocycles. The third kappa shape index (κ3) is 3.23. The summed E-state index contributed by atoms with van der Waals surface area (Å²) >= 11 is 5.54. The summed E-state index contributed by atoms with van der Waals surface area (Å²) in [5.74, 6) is 0. The minimum absolute atomic E-state index is 0.623. The molecule has 0 saturated heterocycles. The van der Waals surface area contributed by atoms with Gasteiger partial charge in [-0.2, -0.15) is 0 Å². The average Bonchev–Trinajstić information content (AvgIpc) is 2.69. The predicted octanol–water partition coefficient (Wildman–Crippen LogP) is 3.94. The standard InChI is InChI=1S/C12H16BrNS/c13-10-5-9(8-14)6-12(7-10)15-11-3-1-2-4-11/h5-7,11H,1-4,8,14H2. The number of halogens is 1. The normalized spacial score (nSPS) is 17.2. The maximum atomic E-state index is 5.67. The molecule has 82 valence electrons. The lowest BCUT2D eigenvalue weighted by molar-refractivity contribution is 0.886. The van der Waals surface area contributed by atoms with Crippen molar-refractivity contribution in [1.29, 1.82) is 0 Å². The van der Waals surface area contributed by atoms with Crippen molar-refractivity contribution in [3.05, 3.63) is 28.2 Å². The summed E-state index contributed by atoms with van der Waals surface area (Å²) in [6, 6.07) is 6.51. The van der Waals surface area contributed by atoms with Crippen LogP contribution in [0.25, 0.3) is 0 Å². The summed E-state index contributed by atoms with van der Waals surface area (Å²) in [6.07, 6.45) is 5.54. The Morgan fingerprint density at radius 1 is 1.27 bits per heavy atom. The average molecular weight is 286 g/mol. The van der Waals surface area contributed by atoms with Gasteiger partial charge in [-0.3, -0.25) is 0 Å². The molecular formula is C12H16BrNS. The van der Waals surface area contributed by atoms with E-state index in [1.165, 1.54) is 36.1 Å². The molecule has 0 amide bonds. The predicted molar refractivity (Wildman–Crippen MR) is 70.1 cm³/mol. The molecule has 1 fully saturated rings. The van der Waals surface area contributed by atoms with Gasteiger partial charge >= 0.3 is 0 Å². The maximum Gasteiger partial charge on any atom is 0.0189 e. The van der Waals surface area contributed by atoms with Gasteiger partial charge in [0.2, 0.25) is 0 Å². The van der Waals surface area contributed by atoms with Crippen LogP contribution in [-0.2, 0) is 6.54 Å². The van der Waals surface area contributed by atoms with Gasteiger partial charge in [0, 0.05) is 21.2 Å². The van der Waals surface area contributed by atoms with Gasteiger partial charge < -0.3 is 5.73 Å². The molecule has 2 rings (SSSR count). The fraction of sp³-hybridized carbons (Fsp3) is 0.500. The van der Waals surface area contributed by atoms with Crippen molar-refractivity contribution < 1.29 is 0 Å². The van der Waals surface area contributed by atoms with Crippen LogP contribution in [0.15, 0.2) is 27.6 Å². The van der Waals surface area contributed by atoms with Crippen molar-refractivity contribution in [2.24, 2.45) is 5.73 Å². The zero-order chi connectivity index (χ0) is 10.7. The van der Waals surface area contributed by atoms with E-state index in [2.05, 4.69) is 34.1 Å². The van der Waals surface area contributed by atoms with Gasteiger partial charge in [0.25, 0.3) is 0 Å². The third-order valence-electron chi connectivity index (χ3n) is 2.77. The number of hydrogen-bond donors (Lipinski definition) is 1. The van der Waals surface area contributed by atoms with E-state index in [-0.39, 0.29) is 0 Å². The van der Waals surface area contributed by atoms with E-state index in [0.717, 1.165) is 9.72 Å². The molecule has 0 aromatic heterocycles. The minimum Gasteiger partial charge on any atom is -0.326 e. The molecule has 0 unspecified atom stereocenters. The SMILES string of the molecule is NCc1cc(Br)cc(SC2CCCC2)c1. The highest BCUT2D eigenvalue weighted by Gasteiger charge is 2.16. The third-order valence-corrected chi connectivity index (χ3v) is 4.54. The molecule has 0 spiro atoms. The molecule has 1 aromatic carbocycles. The fourth-order valence-corrected chi connectivity index (χ4v) is 4.07. The first-order valence-electron chi connectivity index (χ1n) is 5.44. The molecule has 1 nitrogen and oxygen atoms in total. The lowest BCUT2D eigenvalue weighted by atomic mass is 10.2. The van der Waals surface area contributed by atoms with Crippen LogP contribution in [-0.4, -0.2) is 5.25 Å². The lowest BCUT2D eigenvalue weighted by Crippen LogP contribution is -1.98. The summed E-state index contributed by atoms with van der Waals surface area (Å²) in [5.41, 5.74) is 6.88. The van der Waals surface area contributed by atoms with Gasteiger partial charge in [0.15, 0.2) is 0 Å². The Balaban J connectivity index is 2.09. The van der Waals surface area contributed by atoms with Crippen molar-refractivity contribution >= 4 is 27.7 Å². The summed E-state index contributed by atoms with van der Waals surface area (Å²) in [7, 11) is 0. The summed E-state index contributed by atoms with van der Waals surface area (Å²) in [5, 5.41) is 0.824. The topological polar surface area (TPSA) is 26.0 Å². The Bertz CT molecular complexity index is 334. The van der Waals surface area contributed by atoms with Crippen LogP contribution in [0.3, 0.4) is 0 Å². The first kappa shape index (κ1) is 11.5. The van der Waals surface area contributed by atoms with Crippen molar-refractivity contribution in [1.82, 2.24) is 0 Å². The van der Waals surface area contributed by atoms with Crippen molar-refractivity contribution in [3.63, 3.8) is 0 Å². The highest BCUT2D eigenvalue weighted by Crippen LogP contribution is 2.36. The van der Waals surface area contributed by atoms with E-state index in [4.69, 9.17) is 5.73 Å². The molecule has 2 N–H and O–H groups in total. The molecule has 3 heteroatoms. The molecule has 0 aliphatic heterocycles. The van der Waals surface area contributed by atoms with Crippen LogP contribution < -0.4 is 5.73 Å². The van der Waals surface area contributed by atoms with E-state index < -0.39 is 0 Å². The summed E-state index contributed by atoms with van der Waals surface area (Å²) < 4.78 is 1.14. The van der Waals surface area contributed by atoms with Crippen molar-refractivity contribution in [2.75, 3.05) is 0 Å². The van der Waals surface area contributed by atoms with Gasteiger partial charge in [-0.1, -0.05) is 28.8 Å². The second kappa shape index (κ2) is 5.37. The van der Waals surface area contributed by atoms with Gasteiger partial charge in [-0.15, -0.1) is 11.8 Å². The molecule has 0 atom stereocenters. The molecular weight excluding hydrogens is 270 g/mol. The monoisotopic (exact) mass is 285 g/mol.